The highest BCUT2D eigenvalue weighted by Crippen LogP contribution is 2.49. The molecular weight excluding hydrogens is 398 g/mol. The lowest BCUT2D eigenvalue weighted by atomic mass is 9.94. The van der Waals surface area contributed by atoms with Crippen molar-refractivity contribution in [3.05, 3.63) is 56.8 Å². The van der Waals surface area contributed by atoms with Crippen LogP contribution in [0.4, 0.5) is 0 Å². The number of likely N-dealkylation sites (N-methyl/N-ethyl adjacent to an activating group) is 1. The largest absolute Gasteiger partial charge is 0.339 e. The highest BCUT2D eigenvalue weighted by Gasteiger charge is 2.52. The Balaban J connectivity index is 1.60. The van der Waals surface area contributed by atoms with Gasteiger partial charge in [0, 0.05) is 22.6 Å². The number of thiazole rings is 1. The molecule has 25 heavy (non-hydrogen) atoms. The first-order chi connectivity index (χ1) is 11.9. The maximum absolute atomic E-state index is 13.2. The summed E-state index contributed by atoms with van der Waals surface area (Å²) < 4.78 is 3.16. The molecule has 0 radical (unpaired) electrons. The van der Waals surface area contributed by atoms with Crippen LogP contribution < -0.4 is 0 Å². The van der Waals surface area contributed by atoms with E-state index in [9.17, 15) is 4.79 Å². The van der Waals surface area contributed by atoms with E-state index in [1.54, 1.807) is 11.3 Å². The second-order valence-corrected chi connectivity index (χ2v) is 9.02. The van der Waals surface area contributed by atoms with Crippen LogP contribution >= 0.6 is 27.3 Å². The number of nitrogens with zero attached hydrogens (tertiary/aromatic N) is 3. The fourth-order valence-corrected chi connectivity index (χ4v) is 4.64. The van der Waals surface area contributed by atoms with Crippen LogP contribution in [-0.4, -0.2) is 27.2 Å². The van der Waals surface area contributed by atoms with Crippen LogP contribution in [0.25, 0.3) is 4.96 Å². The molecule has 2 heterocycles. The van der Waals surface area contributed by atoms with Gasteiger partial charge in [-0.2, -0.15) is 0 Å². The van der Waals surface area contributed by atoms with Crippen molar-refractivity contribution < 1.29 is 4.79 Å². The molecule has 0 spiro atoms. The van der Waals surface area contributed by atoms with Gasteiger partial charge in [0.25, 0.3) is 0 Å². The lowest BCUT2D eigenvalue weighted by Crippen LogP contribution is -2.36. The minimum absolute atomic E-state index is 0.205. The van der Waals surface area contributed by atoms with Crippen LogP contribution in [0, 0.1) is 13.8 Å². The first-order valence-electron chi connectivity index (χ1n) is 8.36. The first kappa shape index (κ1) is 16.8. The molecule has 6 heteroatoms. The summed E-state index contributed by atoms with van der Waals surface area (Å²) in [5.41, 5.74) is 2.88. The summed E-state index contributed by atoms with van der Waals surface area (Å²) in [7, 11) is 1.90. The predicted molar refractivity (Wildman–Crippen MR) is 104 cm³/mol. The highest BCUT2D eigenvalue weighted by molar-refractivity contribution is 9.10. The second kappa shape index (κ2) is 5.95. The Kier molecular flexibility index (Phi) is 4.00. The number of carbonyl (C=O) groups is 1. The molecule has 0 atom stereocenters. The van der Waals surface area contributed by atoms with Crippen molar-refractivity contribution in [2.24, 2.45) is 0 Å². The summed E-state index contributed by atoms with van der Waals surface area (Å²) >= 11 is 5.15. The number of imidazole rings is 1. The average molecular weight is 418 g/mol. The van der Waals surface area contributed by atoms with E-state index in [0.29, 0.717) is 6.54 Å². The van der Waals surface area contributed by atoms with E-state index >= 15 is 0 Å². The zero-order chi connectivity index (χ0) is 17.8. The molecule has 1 saturated carbocycles. The van der Waals surface area contributed by atoms with Crippen molar-refractivity contribution in [1.29, 1.82) is 0 Å². The summed E-state index contributed by atoms with van der Waals surface area (Å²) in [5.74, 6) is 0.205. The van der Waals surface area contributed by atoms with E-state index in [2.05, 4.69) is 50.6 Å². The van der Waals surface area contributed by atoms with Crippen LogP contribution in [0.5, 0.6) is 0 Å². The smallest absolute Gasteiger partial charge is 0.233 e. The molecule has 1 fully saturated rings. The number of halogens is 1. The van der Waals surface area contributed by atoms with E-state index in [4.69, 9.17) is 0 Å². The van der Waals surface area contributed by atoms with Gasteiger partial charge in [0.15, 0.2) is 4.96 Å². The molecule has 4 rings (SSSR count). The van der Waals surface area contributed by atoms with Gasteiger partial charge in [0.2, 0.25) is 5.91 Å². The minimum atomic E-state index is -0.336. The predicted octanol–water partition coefficient (Wildman–Crippen LogP) is 4.47. The molecule has 1 aliphatic rings. The van der Waals surface area contributed by atoms with Crippen LogP contribution in [0.2, 0.25) is 0 Å². The van der Waals surface area contributed by atoms with Crippen molar-refractivity contribution in [3.8, 4) is 0 Å². The first-order valence-corrected chi connectivity index (χ1v) is 9.97. The molecule has 4 nitrogen and oxygen atoms in total. The maximum Gasteiger partial charge on any atom is 0.233 e. The Morgan fingerprint density at radius 2 is 2.00 bits per heavy atom. The van der Waals surface area contributed by atoms with Gasteiger partial charge in [0.1, 0.15) is 0 Å². The molecule has 1 aliphatic carbocycles. The Labute approximate surface area is 159 Å². The number of hydrogen-bond acceptors (Lipinski definition) is 3. The Morgan fingerprint density at radius 3 is 2.64 bits per heavy atom. The molecule has 0 bridgehead atoms. The zero-order valence-electron chi connectivity index (χ0n) is 14.5. The SMILES string of the molecule is Cc1cn2c(CN(C)C(=O)C3(c4ccc(Br)cc4)CC3)c(C)nc2s1. The summed E-state index contributed by atoms with van der Waals surface area (Å²) in [4.78, 5) is 21.9. The number of amides is 1. The van der Waals surface area contributed by atoms with Crippen LogP contribution in [0.3, 0.4) is 0 Å². The van der Waals surface area contributed by atoms with Crippen LogP contribution in [-0.2, 0) is 16.8 Å². The third kappa shape index (κ3) is 2.81. The van der Waals surface area contributed by atoms with Gasteiger partial charge in [-0.1, -0.05) is 28.1 Å². The van der Waals surface area contributed by atoms with Crippen molar-refractivity contribution in [2.45, 2.75) is 38.6 Å². The quantitative estimate of drug-likeness (QED) is 0.627. The zero-order valence-corrected chi connectivity index (χ0v) is 16.9. The standard InChI is InChI=1S/C19H20BrN3OS/c1-12-10-23-16(13(2)21-18(23)25-12)11-22(3)17(24)19(8-9-19)14-4-6-15(20)7-5-14/h4-7,10H,8-9,11H2,1-3H3. The van der Waals surface area contributed by atoms with Crippen molar-refractivity contribution in [1.82, 2.24) is 14.3 Å². The highest BCUT2D eigenvalue weighted by atomic mass is 79.9. The number of benzene rings is 1. The molecule has 1 amide bonds. The molecule has 130 valence electrons. The molecule has 1 aromatic carbocycles. The fourth-order valence-electron chi connectivity index (χ4n) is 3.48. The molecular formula is C19H20BrN3OS. The van der Waals surface area contributed by atoms with E-state index in [1.807, 2.05) is 31.0 Å². The topological polar surface area (TPSA) is 37.6 Å². The molecule has 2 aromatic heterocycles. The third-order valence-corrected chi connectivity index (χ3v) is 6.46. The van der Waals surface area contributed by atoms with Crippen LogP contribution in [0.1, 0.15) is 34.7 Å². The Hall–Kier alpha value is -1.66. The molecule has 0 aliphatic heterocycles. The summed E-state index contributed by atoms with van der Waals surface area (Å²) in [6.45, 7) is 4.69. The van der Waals surface area contributed by atoms with E-state index in [1.165, 1.54) is 4.88 Å². The number of rotatable bonds is 4. The van der Waals surface area contributed by atoms with Gasteiger partial charge >= 0.3 is 0 Å². The molecule has 0 N–H and O–H groups in total. The minimum Gasteiger partial charge on any atom is -0.339 e. The van der Waals surface area contributed by atoms with Crippen molar-refractivity contribution in [3.63, 3.8) is 0 Å². The van der Waals surface area contributed by atoms with E-state index < -0.39 is 0 Å². The van der Waals surface area contributed by atoms with E-state index in [-0.39, 0.29) is 11.3 Å². The Morgan fingerprint density at radius 1 is 1.32 bits per heavy atom. The lowest BCUT2D eigenvalue weighted by Gasteiger charge is -2.24. The average Bonchev–Trinajstić information content (AvgIpc) is 3.24. The van der Waals surface area contributed by atoms with Gasteiger partial charge in [-0.15, -0.1) is 11.3 Å². The number of hydrogen-bond donors (Lipinski definition) is 0. The van der Waals surface area contributed by atoms with Gasteiger partial charge in [-0.25, -0.2) is 4.98 Å². The van der Waals surface area contributed by atoms with E-state index in [0.717, 1.165) is 39.2 Å². The number of carbonyl (C=O) groups excluding carboxylic acids is 1. The number of fused-ring (bicyclic) bond motifs is 1. The van der Waals surface area contributed by atoms with Gasteiger partial charge < -0.3 is 4.90 Å². The summed E-state index contributed by atoms with van der Waals surface area (Å²) in [5, 5.41) is 0. The Bertz CT molecular complexity index is 953. The molecule has 0 unspecified atom stereocenters. The number of aryl methyl sites for hydroxylation is 2. The summed E-state index contributed by atoms with van der Waals surface area (Å²) in [6.07, 6.45) is 3.96. The molecule has 0 saturated heterocycles. The van der Waals surface area contributed by atoms with Gasteiger partial charge in [-0.05, 0) is 44.4 Å². The monoisotopic (exact) mass is 417 g/mol. The fraction of sp³-hybridized carbons (Fsp3) is 0.368. The summed E-state index contributed by atoms with van der Waals surface area (Å²) in [6, 6.07) is 8.16. The van der Waals surface area contributed by atoms with Crippen molar-refractivity contribution in [2.75, 3.05) is 7.05 Å². The van der Waals surface area contributed by atoms with Gasteiger partial charge in [-0.3, -0.25) is 9.20 Å². The van der Waals surface area contributed by atoms with Crippen molar-refractivity contribution >= 4 is 38.1 Å². The van der Waals surface area contributed by atoms with Gasteiger partial charge in [0.05, 0.1) is 23.3 Å². The third-order valence-electron chi connectivity index (χ3n) is 5.03. The normalized spacial score (nSPS) is 15.5. The van der Waals surface area contributed by atoms with Crippen LogP contribution in [0.15, 0.2) is 34.9 Å². The second-order valence-electron chi connectivity index (χ2n) is 6.89. The number of aromatic nitrogens is 2. The lowest BCUT2D eigenvalue weighted by molar-refractivity contribution is -0.133. The maximum atomic E-state index is 13.2. The molecule has 3 aromatic rings.